The fraction of sp³-hybridized carbons (Fsp3) is 0.800. The molecule has 0 aromatic rings. The summed E-state index contributed by atoms with van der Waals surface area (Å²) in [5.74, 6) is -0.648. The summed E-state index contributed by atoms with van der Waals surface area (Å²) in [5.41, 5.74) is -1.79. The van der Waals surface area contributed by atoms with Gasteiger partial charge in [-0.25, -0.2) is 9.21 Å². The largest absolute Gasteiger partial charge is 0.327 e. The second-order valence-electron chi connectivity index (χ2n) is 6.90. The summed E-state index contributed by atoms with van der Waals surface area (Å²) in [7, 11) is 3.05. The first-order chi connectivity index (χ1) is 9.90. The van der Waals surface area contributed by atoms with E-state index in [4.69, 9.17) is 11.8 Å². The fourth-order valence-electron chi connectivity index (χ4n) is 2.80. The molecule has 2 atom stereocenters. The minimum atomic E-state index is -1.02. The molecule has 0 aliphatic carbocycles. The van der Waals surface area contributed by atoms with E-state index in [2.05, 4.69) is 0 Å². The summed E-state index contributed by atoms with van der Waals surface area (Å²) in [6.45, 7) is 9.05. The molecule has 1 fully saturated rings. The van der Waals surface area contributed by atoms with Gasteiger partial charge in [0.25, 0.3) is 5.91 Å². The number of urea groups is 1. The molecule has 0 saturated carbocycles. The number of likely N-dealkylation sites (N-methyl/N-ethyl adjacent to an activating group) is 2. The molecule has 1 saturated heterocycles. The lowest BCUT2D eigenvalue weighted by Crippen LogP contribution is -2.54. The normalized spacial score (nSPS) is 24.0. The maximum Gasteiger partial charge on any atom is 0.327 e. The zero-order chi connectivity index (χ0) is 17.5. The van der Waals surface area contributed by atoms with Gasteiger partial charge < -0.3 is 4.90 Å². The maximum atomic E-state index is 12.4. The molecule has 0 aromatic heterocycles. The van der Waals surface area contributed by atoms with Crippen LogP contribution in [-0.4, -0.2) is 57.2 Å². The van der Waals surface area contributed by atoms with Gasteiger partial charge in [-0.1, -0.05) is 13.8 Å². The number of rotatable bonds is 5. The molecule has 1 aliphatic heterocycles. The van der Waals surface area contributed by atoms with Crippen LogP contribution < -0.4 is 0 Å². The lowest BCUT2D eigenvalue weighted by atomic mass is 9.84. The molecule has 0 N–H and O–H groups in total. The zero-order valence-electron chi connectivity index (χ0n) is 14.4. The van der Waals surface area contributed by atoms with Crippen molar-refractivity contribution in [2.45, 2.75) is 58.5 Å². The van der Waals surface area contributed by atoms with Gasteiger partial charge in [-0.05, 0) is 27.2 Å². The molecule has 2 unspecified atom stereocenters. The van der Waals surface area contributed by atoms with Gasteiger partial charge in [0.2, 0.25) is 5.91 Å². The topological polar surface area (TPSA) is 60.9 Å². The first-order valence-corrected chi connectivity index (χ1v) is 7.79. The first-order valence-electron chi connectivity index (χ1n) is 7.46. The van der Waals surface area contributed by atoms with Crippen LogP contribution in [0.3, 0.4) is 0 Å². The Morgan fingerprint density at radius 1 is 1.36 bits per heavy atom. The highest BCUT2D eigenvalue weighted by Crippen LogP contribution is 2.36. The van der Waals surface area contributed by atoms with E-state index in [9.17, 15) is 14.4 Å². The van der Waals surface area contributed by atoms with Crippen LogP contribution in [0.4, 0.5) is 4.79 Å². The summed E-state index contributed by atoms with van der Waals surface area (Å²) < 4.78 is 1.18. The molecular formula is C15H26ClN3O3. The van der Waals surface area contributed by atoms with Gasteiger partial charge in [0, 0.05) is 38.2 Å². The fourth-order valence-corrected chi connectivity index (χ4v) is 3.03. The van der Waals surface area contributed by atoms with Crippen LogP contribution >= 0.6 is 11.8 Å². The molecule has 6 nitrogen and oxygen atoms in total. The SMILES string of the molecule is CCC(C)C(=O)N(Cl)C(C)(C)CC1(C)C(=O)N(C)C(=O)N1C. The van der Waals surface area contributed by atoms with Crippen LogP contribution in [0.25, 0.3) is 0 Å². The van der Waals surface area contributed by atoms with E-state index in [1.165, 1.54) is 16.4 Å². The highest BCUT2D eigenvalue weighted by atomic mass is 35.5. The van der Waals surface area contributed by atoms with Crippen molar-refractivity contribution >= 4 is 29.6 Å². The van der Waals surface area contributed by atoms with Crippen molar-refractivity contribution in [1.82, 2.24) is 14.2 Å². The molecule has 126 valence electrons. The van der Waals surface area contributed by atoms with E-state index < -0.39 is 11.1 Å². The standard InChI is InChI=1S/C15H26ClN3O3/c1-8-10(2)11(20)19(16)14(3,4)9-15(5)12(21)17(6)13(22)18(15)7/h10H,8-9H2,1-7H3. The Morgan fingerprint density at radius 3 is 2.23 bits per heavy atom. The monoisotopic (exact) mass is 331 g/mol. The second-order valence-corrected chi connectivity index (χ2v) is 7.24. The van der Waals surface area contributed by atoms with Gasteiger partial charge >= 0.3 is 6.03 Å². The van der Waals surface area contributed by atoms with Crippen LogP contribution in [0.15, 0.2) is 0 Å². The van der Waals surface area contributed by atoms with E-state index in [1.807, 2.05) is 13.8 Å². The van der Waals surface area contributed by atoms with E-state index >= 15 is 0 Å². The highest BCUT2D eigenvalue weighted by Gasteiger charge is 2.54. The molecule has 0 radical (unpaired) electrons. The number of nitrogens with zero attached hydrogens (tertiary/aromatic N) is 3. The van der Waals surface area contributed by atoms with Crippen molar-refractivity contribution in [3.05, 3.63) is 0 Å². The summed E-state index contributed by atoms with van der Waals surface area (Å²) in [6, 6.07) is -0.349. The van der Waals surface area contributed by atoms with E-state index in [1.54, 1.807) is 27.8 Å². The van der Waals surface area contributed by atoms with Gasteiger partial charge in [-0.15, -0.1) is 0 Å². The predicted molar refractivity (Wildman–Crippen MR) is 85.2 cm³/mol. The Balaban J connectivity index is 3.03. The van der Waals surface area contributed by atoms with Crippen molar-refractivity contribution in [2.75, 3.05) is 14.1 Å². The molecule has 0 aromatic carbocycles. The molecule has 1 aliphatic rings. The third kappa shape index (κ3) is 2.93. The molecule has 22 heavy (non-hydrogen) atoms. The molecule has 0 bridgehead atoms. The van der Waals surface area contributed by atoms with Crippen molar-refractivity contribution < 1.29 is 14.4 Å². The summed E-state index contributed by atoms with van der Waals surface area (Å²) in [6.07, 6.45) is 0.951. The van der Waals surface area contributed by atoms with Crippen LogP contribution in [0.2, 0.25) is 0 Å². The van der Waals surface area contributed by atoms with Gasteiger partial charge in [0.1, 0.15) is 5.54 Å². The van der Waals surface area contributed by atoms with Gasteiger partial charge in [0.15, 0.2) is 0 Å². The van der Waals surface area contributed by atoms with Crippen molar-refractivity contribution in [3.63, 3.8) is 0 Å². The van der Waals surface area contributed by atoms with Crippen LogP contribution in [-0.2, 0) is 9.59 Å². The number of carbonyl (C=O) groups is 3. The quantitative estimate of drug-likeness (QED) is 0.574. The van der Waals surface area contributed by atoms with Crippen LogP contribution in [0.1, 0.15) is 47.5 Å². The predicted octanol–water partition coefficient (Wildman–Crippen LogP) is 2.47. The molecular weight excluding hydrogens is 306 g/mol. The number of imide groups is 1. The van der Waals surface area contributed by atoms with Gasteiger partial charge in [-0.2, -0.15) is 0 Å². The Labute approximate surface area is 137 Å². The first kappa shape index (κ1) is 18.7. The summed E-state index contributed by atoms with van der Waals surface area (Å²) >= 11 is 6.26. The van der Waals surface area contributed by atoms with Crippen LogP contribution in [0.5, 0.6) is 0 Å². The van der Waals surface area contributed by atoms with Crippen LogP contribution in [0, 0.1) is 5.92 Å². The van der Waals surface area contributed by atoms with E-state index in [0.717, 1.165) is 4.90 Å². The zero-order valence-corrected chi connectivity index (χ0v) is 15.2. The summed E-state index contributed by atoms with van der Waals surface area (Å²) in [4.78, 5) is 39.2. The molecule has 7 heteroatoms. The molecule has 4 amide bonds. The second kappa shape index (κ2) is 6.07. The number of hydrogen-bond acceptors (Lipinski definition) is 3. The molecule has 1 rings (SSSR count). The average molecular weight is 332 g/mol. The lowest BCUT2D eigenvalue weighted by Gasteiger charge is -2.41. The van der Waals surface area contributed by atoms with E-state index in [-0.39, 0.29) is 30.2 Å². The minimum absolute atomic E-state index is 0.175. The van der Waals surface area contributed by atoms with Crippen molar-refractivity contribution in [1.29, 1.82) is 0 Å². The van der Waals surface area contributed by atoms with Gasteiger partial charge in [0.05, 0.1) is 5.54 Å². The highest BCUT2D eigenvalue weighted by molar-refractivity contribution is 6.22. The smallest absolute Gasteiger partial charge is 0.313 e. The minimum Gasteiger partial charge on any atom is -0.313 e. The molecule has 1 heterocycles. The Hall–Kier alpha value is -1.30. The Bertz CT molecular complexity index is 494. The van der Waals surface area contributed by atoms with Crippen molar-refractivity contribution in [2.24, 2.45) is 5.92 Å². The van der Waals surface area contributed by atoms with Crippen molar-refractivity contribution in [3.8, 4) is 0 Å². The average Bonchev–Trinajstić information content (AvgIpc) is 2.60. The molecule has 0 spiro atoms. The lowest BCUT2D eigenvalue weighted by molar-refractivity contribution is -0.138. The Morgan fingerprint density at radius 2 is 1.86 bits per heavy atom. The third-order valence-corrected chi connectivity index (χ3v) is 5.24. The number of hydrogen-bond donors (Lipinski definition) is 0. The number of amides is 4. The maximum absolute atomic E-state index is 12.4. The number of halogens is 1. The number of carbonyl (C=O) groups excluding carboxylic acids is 3. The van der Waals surface area contributed by atoms with Gasteiger partial charge in [-0.3, -0.25) is 14.5 Å². The Kier molecular flexibility index (Phi) is 5.17. The summed E-state index contributed by atoms with van der Waals surface area (Å²) in [5, 5.41) is 0. The third-order valence-electron chi connectivity index (χ3n) is 4.62. The van der Waals surface area contributed by atoms with E-state index in [0.29, 0.717) is 6.42 Å².